The van der Waals surface area contributed by atoms with Gasteiger partial charge in [0, 0.05) is 51.3 Å². The van der Waals surface area contributed by atoms with Crippen LogP contribution in [-0.2, 0) is 32.7 Å². The first-order valence-corrected chi connectivity index (χ1v) is 5.62. The van der Waals surface area contributed by atoms with Gasteiger partial charge in [-0.1, -0.05) is 12.1 Å². The van der Waals surface area contributed by atoms with Crippen LogP contribution in [0.3, 0.4) is 0 Å². The first-order valence-electron chi connectivity index (χ1n) is 5.62. The van der Waals surface area contributed by atoms with Crippen LogP contribution < -0.4 is 10.8 Å². The predicted octanol–water partition coefficient (Wildman–Crippen LogP) is 2.32. The monoisotopic (exact) mass is 303 g/mol. The second-order valence-electron chi connectivity index (χ2n) is 3.56. The number of hydrogen-bond donors (Lipinski definition) is 2. The predicted molar refractivity (Wildman–Crippen MR) is 67.4 cm³/mol. The molecule has 0 aliphatic carbocycles. The minimum absolute atomic E-state index is 0. The summed E-state index contributed by atoms with van der Waals surface area (Å²) in [6.45, 7) is 5.82. The van der Waals surface area contributed by atoms with Crippen LogP contribution in [0.5, 0.6) is 0 Å². The Hall–Kier alpha value is -0.666. The van der Waals surface area contributed by atoms with Gasteiger partial charge in [-0.15, -0.1) is 23.6 Å². The van der Waals surface area contributed by atoms with Crippen molar-refractivity contribution in [3.63, 3.8) is 0 Å². The van der Waals surface area contributed by atoms with Crippen LogP contribution in [0.15, 0.2) is 29.3 Å². The molecule has 0 aliphatic heterocycles. The summed E-state index contributed by atoms with van der Waals surface area (Å²) in [6, 6.07) is 11.3. The molecule has 0 fully saturated rings. The van der Waals surface area contributed by atoms with E-state index in [4.69, 9.17) is 0 Å². The second kappa shape index (κ2) is 6.92. The van der Waals surface area contributed by atoms with E-state index in [2.05, 4.69) is 46.5 Å². The Morgan fingerprint density at radius 2 is 2.18 bits per heavy atom. The second-order valence-corrected chi connectivity index (χ2v) is 3.56. The molecule has 1 aromatic heterocycles. The van der Waals surface area contributed by atoms with Gasteiger partial charge >= 0.3 is 0 Å². The van der Waals surface area contributed by atoms with Gasteiger partial charge in [0.1, 0.15) is 0 Å². The molecular formula is C13H16N3Y-. The summed E-state index contributed by atoms with van der Waals surface area (Å²) in [5.74, 6) is 0. The Morgan fingerprint density at radius 1 is 1.35 bits per heavy atom. The van der Waals surface area contributed by atoms with Gasteiger partial charge < -0.3 is 15.3 Å². The quantitative estimate of drug-likeness (QED) is 0.839. The van der Waals surface area contributed by atoms with Crippen molar-refractivity contribution >= 4 is 16.6 Å². The van der Waals surface area contributed by atoms with Gasteiger partial charge in [-0.2, -0.15) is 0 Å². The van der Waals surface area contributed by atoms with Crippen molar-refractivity contribution in [2.24, 2.45) is 4.99 Å². The fourth-order valence-corrected chi connectivity index (χ4v) is 1.66. The van der Waals surface area contributed by atoms with E-state index < -0.39 is 0 Å². The number of anilines is 1. The summed E-state index contributed by atoms with van der Waals surface area (Å²) in [7, 11) is 0. The smallest absolute Gasteiger partial charge is 0.0420 e. The van der Waals surface area contributed by atoms with Gasteiger partial charge in [0.25, 0.3) is 0 Å². The van der Waals surface area contributed by atoms with Crippen LogP contribution in [0.4, 0.5) is 5.69 Å². The molecule has 0 spiro atoms. The van der Waals surface area contributed by atoms with Gasteiger partial charge in [0.05, 0.1) is 0 Å². The van der Waals surface area contributed by atoms with E-state index in [0.717, 1.165) is 35.2 Å². The zero-order valence-electron chi connectivity index (χ0n) is 10.2. The normalized spacial score (nSPS) is 11.3. The van der Waals surface area contributed by atoms with Gasteiger partial charge in [-0.25, -0.2) is 0 Å². The first kappa shape index (κ1) is 14.4. The van der Waals surface area contributed by atoms with Crippen LogP contribution in [0.1, 0.15) is 13.8 Å². The Balaban J connectivity index is 0.00000144. The van der Waals surface area contributed by atoms with E-state index in [-0.39, 0.29) is 32.7 Å². The van der Waals surface area contributed by atoms with Gasteiger partial charge in [-0.3, -0.25) is 0 Å². The van der Waals surface area contributed by atoms with E-state index in [1.165, 1.54) is 0 Å². The molecule has 0 atom stereocenters. The summed E-state index contributed by atoms with van der Waals surface area (Å²) in [5.41, 5.74) is 3.07. The van der Waals surface area contributed by atoms with Crippen molar-refractivity contribution < 1.29 is 32.7 Å². The van der Waals surface area contributed by atoms with Crippen molar-refractivity contribution in [2.45, 2.75) is 13.8 Å². The van der Waals surface area contributed by atoms with Crippen molar-refractivity contribution in [1.82, 2.24) is 4.98 Å². The zero-order valence-corrected chi connectivity index (χ0v) is 13.1. The molecule has 87 valence electrons. The van der Waals surface area contributed by atoms with E-state index in [9.17, 15) is 0 Å². The van der Waals surface area contributed by atoms with Crippen LogP contribution >= 0.6 is 0 Å². The standard InChI is InChI=1S/C13H16N3.Y/c1-3-14-11-6-7-12-10(9-11)5-8-13(16-12)15-4-2;/h6-9,14H,3-4H2,1-2H3,(H,15,16);/q-1;. The number of fused-ring (bicyclic) bond motifs is 1. The van der Waals surface area contributed by atoms with Crippen LogP contribution in [-0.4, -0.2) is 18.1 Å². The molecule has 0 saturated carbocycles. The van der Waals surface area contributed by atoms with E-state index in [1.54, 1.807) is 0 Å². The number of aromatic amines is 1. The molecule has 0 aliphatic rings. The number of benzene rings is 1. The average molecular weight is 303 g/mol. The van der Waals surface area contributed by atoms with Crippen molar-refractivity contribution in [3.8, 4) is 0 Å². The van der Waals surface area contributed by atoms with Gasteiger partial charge in [0.2, 0.25) is 0 Å². The fraction of sp³-hybridized carbons (Fsp3) is 0.308. The molecule has 0 saturated heterocycles. The maximum Gasteiger partial charge on any atom is 0.0420 e. The SMILES string of the molecule is CCN=c1c[c-]c2cc(NCC)ccc2[nH]1.[Y]. The largest absolute Gasteiger partial charge is 0.419 e. The molecule has 3 nitrogen and oxygen atoms in total. The Morgan fingerprint density at radius 3 is 2.88 bits per heavy atom. The molecule has 0 unspecified atom stereocenters. The Bertz CT molecular complexity index is 546. The van der Waals surface area contributed by atoms with Crippen molar-refractivity contribution in [1.29, 1.82) is 0 Å². The fourth-order valence-electron chi connectivity index (χ4n) is 1.66. The summed E-state index contributed by atoms with van der Waals surface area (Å²) in [6.07, 6.45) is 0. The van der Waals surface area contributed by atoms with Crippen LogP contribution in [0, 0.1) is 6.07 Å². The Labute approximate surface area is 127 Å². The Kier molecular flexibility index (Phi) is 5.86. The summed E-state index contributed by atoms with van der Waals surface area (Å²) in [4.78, 5) is 7.58. The maximum atomic E-state index is 4.31. The number of pyridine rings is 1. The maximum absolute atomic E-state index is 4.31. The van der Waals surface area contributed by atoms with E-state index in [1.807, 2.05) is 13.0 Å². The number of aromatic nitrogens is 1. The van der Waals surface area contributed by atoms with Gasteiger partial charge in [-0.05, 0) is 25.1 Å². The number of nitrogens with one attached hydrogen (secondary N) is 2. The molecule has 2 rings (SSSR count). The summed E-state index contributed by atoms with van der Waals surface area (Å²) >= 11 is 0. The molecule has 4 heteroatoms. The number of rotatable bonds is 3. The molecular weight excluding hydrogens is 287 g/mol. The molecule has 1 aromatic carbocycles. The molecule has 2 aromatic rings. The van der Waals surface area contributed by atoms with Crippen LogP contribution in [0.2, 0.25) is 0 Å². The third-order valence-electron chi connectivity index (χ3n) is 2.36. The van der Waals surface area contributed by atoms with E-state index >= 15 is 0 Å². The molecule has 17 heavy (non-hydrogen) atoms. The summed E-state index contributed by atoms with van der Waals surface area (Å²) < 4.78 is 0. The molecule has 2 N–H and O–H groups in total. The summed E-state index contributed by atoms with van der Waals surface area (Å²) in [5, 5.41) is 4.36. The minimum Gasteiger partial charge on any atom is -0.419 e. The third-order valence-corrected chi connectivity index (χ3v) is 2.36. The molecule has 0 amide bonds. The molecule has 1 heterocycles. The first-order chi connectivity index (χ1) is 7.83. The topological polar surface area (TPSA) is 40.2 Å². The minimum atomic E-state index is 0. The molecule has 1 radical (unpaired) electrons. The van der Waals surface area contributed by atoms with Crippen molar-refractivity contribution in [3.05, 3.63) is 35.8 Å². The van der Waals surface area contributed by atoms with E-state index in [0.29, 0.717) is 0 Å². The molecule has 0 bridgehead atoms. The van der Waals surface area contributed by atoms with Gasteiger partial charge in [0.15, 0.2) is 0 Å². The zero-order chi connectivity index (χ0) is 11.4. The number of H-pyrrole nitrogens is 1. The third kappa shape index (κ3) is 3.65. The van der Waals surface area contributed by atoms with Crippen LogP contribution in [0.25, 0.3) is 10.9 Å². The number of hydrogen-bond acceptors (Lipinski definition) is 2. The number of nitrogens with zero attached hydrogens (tertiary/aromatic N) is 1. The van der Waals surface area contributed by atoms with Crippen molar-refractivity contribution in [2.75, 3.05) is 18.4 Å². The average Bonchev–Trinajstić information content (AvgIpc) is 2.30.